The molecule has 1 aliphatic heterocycles. The minimum absolute atomic E-state index is 0.254. The molecular formula is C35H70O2. The molecule has 0 amide bonds. The van der Waals surface area contributed by atoms with Crippen LogP contribution < -0.4 is 0 Å². The third kappa shape index (κ3) is 20.5. The molecule has 0 saturated carbocycles. The Morgan fingerprint density at radius 3 is 1.14 bits per heavy atom. The van der Waals surface area contributed by atoms with E-state index in [4.69, 9.17) is 9.47 Å². The molecule has 0 aromatic carbocycles. The van der Waals surface area contributed by atoms with Gasteiger partial charge in [0.05, 0.1) is 12.2 Å². The van der Waals surface area contributed by atoms with E-state index in [2.05, 4.69) is 27.7 Å². The first-order chi connectivity index (χ1) is 18.1. The minimum Gasteiger partial charge on any atom is -0.345 e. The number of hydrogen-bond donors (Lipinski definition) is 0. The molecular weight excluding hydrogens is 452 g/mol. The second-order valence-electron chi connectivity index (χ2n) is 12.6. The maximum atomic E-state index is 6.45. The van der Waals surface area contributed by atoms with Crippen molar-refractivity contribution in [3.8, 4) is 0 Å². The van der Waals surface area contributed by atoms with Crippen LogP contribution in [0.25, 0.3) is 0 Å². The van der Waals surface area contributed by atoms with Crippen LogP contribution in [0.3, 0.4) is 0 Å². The topological polar surface area (TPSA) is 18.5 Å². The zero-order valence-corrected chi connectivity index (χ0v) is 26.3. The lowest BCUT2D eigenvalue weighted by atomic mass is 10.0. The smallest absolute Gasteiger partial charge is 0.166 e. The molecule has 1 rings (SSSR count). The van der Waals surface area contributed by atoms with Crippen molar-refractivity contribution >= 4 is 0 Å². The summed E-state index contributed by atoms with van der Waals surface area (Å²) < 4.78 is 12.8. The van der Waals surface area contributed by atoms with E-state index in [0.29, 0.717) is 6.10 Å². The monoisotopic (exact) mass is 523 g/mol. The summed E-state index contributed by atoms with van der Waals surface area (Å²) in [6.45, 7) is 9.01. The Morgan fingerprint density at radius 2 is 0.757 bits per heavy atom. The van der Waals surface area contributed by atoms with Crippen molar-refractivity contribution in [2.75, 3.05) is 0 Å². The lowest BCUT2D eigenvalue weighted by Crippen LogP contribution is -2.26. The summed E-state index contributed by atoms with van der Waals surface area (Å²) in [5.74, 6) is -0.335. The fraction of sp³-hybridized carbons (Fsp3) is 1.00. The van der Waals surface area contributed by atoms with Gasteiger partial charge in [-0.05, 0) is 26.7 Å². The molecule has 1 fully saturated rings. The largest absolute Gasteiger partial charge is 0.345 e. The molecule has 0 bridgehead atoms. The summed E-state index contributed by atoms with van der Waals surface area (Å²) in [7, 11) is 0. The third-order valence-corrected chi connectivity index (χ3v) is 8.69. The molecule has 0 N–H and O–H groups in total. The number of rotatable bonds is 28. The highest BCUT2D eigenvalue weighted by Crippen LogP contribution is 2.35. The Hall–Kier alpha value is -0.0800. The molecule has 0 aromatic rings. The maximum absolute atomic E-state index is 6.45. The Morgan fingerprint density at radius 1 is 0.432 bits per heavy atom. The van der Waals surface area contributed by atoms with E-state index in [0.717, 1.165) is 6.42 Å². The van der Waals surface area contributed by atoms with Gasteiger partial charge in [0.25, 0.3) is 0 Å². The summed E-state index contributed by atoms with van der Waals surface area (Å²) in [6, 6.07) is 0. The van der Waals surface area contributed by atoms with Crippen molar-refractivity contribution in [1.82, 2.24) is 0 Å². The molecule has 0 unspecified atom stereocenters. The molecule has 222 valence electrons. The van der Waals surface area contributed by atoms with Crippen LogP contribution in [0.2, 0.25) is 0 Å². The quantitative estimate of drug-likeness (QED) is 0.0951. The van der Waals surface area contributed by atoms with Gasteiger partial charge in [-0.3, -0.25) is 0 Å². The standard InChI is InChI=1S/C35H70O2/c1-5-7-9-11-13-15-17-19-21-23-25-27-29-31-34-33(3)36-35(4,37-34)32-30-28-26-24-22-20-18-16-14-12-10-8-6-2/h33-34H,5-32H2,1-4H3/t33-,34-,35+/m0/s1. The highest BCUT2D eigenvalue weighted by atomic mass is 16.8. The van der Waals surface area contributed by atoms with Gasteiger partial charge in [-0.1, -0.05) is 174 Å². The van der Waals surface area contributed by atoms with E-state index in [1.807, 2.05) is 0 Å². The van der Waals surface area contributed by atoms with Crippen LogP contribution in [-0.4, -0.2) is 18.0 Å². The van der Waals surface area contributed by atoms with Crippen molar-refractivity contribution in [3.63, 3.8) is 0 Å². The van der Waals surface area contributed by atoms with Crippen LogP contribution in [0, 0.1) is 0 Å². The molecule has 0 aromatic heterocycles. The second kappa shape index (κ2) is 24.9. The first kappa shape index (κ1) is 34.9. The SMILES string of the molecule is CCCCCCCCCCCCCCC[C@@H]1O[C@](C)(CCCCCCCCCCCCCCC)O[C@H]1C. The second-order valence-corrected chi connectivity index (χ2v) is 12.6. The van der Waals surface area contributed by atoms with Crippen LogP contribution in [-0.2, 0) is 9.47 Å². The Labute approximate surface area is 234 Å². The lowest BCUT2D eigenvalue weighted by Gasteiger charge is -2.23. The van der Waals surface area contributed by atoms with Crippen LogP contribution in [0.15, 0.2) is 0 Å². The first-order valence-electron chi connectivity index (χ1n) is 17.5. The fourth-order valence-electron chi connectivity index (χ4n) is 6.15. The maximum Gasteiger partial charge on any atom is 0.166 e. The van der Waals surface area contributed by atoms with Gasteiger partial charge in [-0.25, -0.2) is 0 Å². The van der Waals surface area contributed by atoms with Crippen LogP contribution >= 0.6 is 0 Å². The van der Waals surface area contributed by atoms with Gasteiger partial charge in [-0.2, -0.15) is 0 Å². The molecule has 2 heteroatoms. The zero-order valence-electron chi connectivity index (χ0n) is 26.3. The van der Waals surface area contributed by atoms with Crippen molar-refractivity contribution in [1.29, 1.82) is 0 Å². The molecule has 1 aliphatic rings. The van der Waals surface area contributed by atoms with Crippen LogP contribution in [0.5, 0.6) is 0 Å². The Balaban J connectivity index is 1.90. The van der Waals surface area contributed by atoms with Gasteiger partial charge >= 0.3 is 0 Å². The van der Waals surface area contributed by atoms with E-state index in [1.54, 1.807) is 0 Å². The summed E-state index contributed by atoms with van der Waals surface area (Å²) >= 11 is 0. The zero-order chi connectivity index (χ0) is 26.9. The molecule has 2 nitrogen and oxygen atoms in total. The highest BCUT2D eigenvalue weighted by Gasteiger charge is 2.41. The third-order valence-electron chi connectivity index (χ3n) is 8.69. The number of hydrogen-bond acceptors (Lipinski definition) is 2. The lowest BCUT2D eigenvalue weighted by molar-refractivity contribution is -0.166. The fourth-order valence-corrected chi connectivity index (χ4v) is 6.15. The van der Waals surface area contributed by atoms with Crippen LogP contribution in [0.4, 0.5) is 0 Å². The van der Waals surface area contributed by atoms with Gasteiger partial charge < -0.3 is 9.47 Å². The number of unbranched alkanes of at least 4 members (excludes halogenated alkanes) is 24. The van der Waals surface area contributed by atoms with E-state index in [9.17, 15) is 0 Å². The van der Waals surface area contributed by atoms with Gasteiger partial charge in [0.2, 0.25) is 0 Å². The van der Waals surface area contributed by atoms with E-state index in [1.165, 1.54) is 173 Å². The highest BCUT2D eigenvalue weighted by molar-refractivity contribution is 4.81. The minimum atomic E-state index is -0.335. The van der Waals surface area contributed by atoms with Crippen molar-refractivity contribution < 1.29 is 9.47 Å². The summed E-state index contributed by atoms with van der Waals surface area (Å²) in [5, 5.41) is 0. The predicted octanol–water partition coefficient (Wildman–Crippen LogP) is 12.5. The van der Waals surface area contributed by atoms with Gasteiger partial charge in [-0.15, -0.1) is 0 Å². The molecule has 1 saturated heterocycles. The van der Waals surface area contributed by atoms with Crippen molar-refractivity contribution in [2.45, 2.75) is 225 Å². The van der Waals surface area contributed by atoms with E-state index in [-0.39, 0.29) is 11.9 Å². The normalized spacial score (nSPS) is 21.7. The van der Waals surface area contributed by atoms with Gasteiger partial charge in [0.15, 0.2) is 5.79 Å². The summed E-state index contributed by atoms with van der Waals surface area (Å²) in [6.07, 6.45) is 39.5. The van der Waals surface area contributed by atoms with Gasteiger partial charge in [0, 0.05) is 6.42 Å². The van der Waals surface area contributed by atoms with E-state index < -0.39 is 0 Å². The predicted molar refractivity (Wildman–Crippen MR) is 164 cm³/mol. The molecule has 0 spiro atoms. The average molecular weight is 523 g/mol. The van der Waals surface area contributed by atoms with Crippen molar-refractivity contribution in [2.24, 2.45) is 0 Å². The molecule has 0 aliphatic carbocycles. The average Bonchev–Trinajstić information content (AvgIpc) is 3.18. The summed E-state index contributed by atoms with van der Waals surface area (Å²) in [5.41, 5.74) is 0. The van der Waals surface area contributed by atoms with E-state index >= 15 is 0 Å². The molecule has 3 atom stereocenters. The molecule has 0 radical (unpaired) electrons. The number of ether oxygens (including phenoxy) is 2. The van der Waals surface area contributed by atoms with Gasteiger partial charge in [0.1, 0.15) is 0 Å². The Kier molecular flexibility index (Phi) is 23.5. The Bertz CT molecular complexity index is 464. The molecule has 1 heterocycles. The molecule has 37 heavy (non-hydrogen) atoms. The van der Waals surface area contributed by atoms with Crippen LogP contribution in [0.1, 0.15) is 207 Å². The first-order valence-corrected chi connectivity index (χ1v) is 17.5. The summed E-state index contributed by atoms with van der Waals surface area (Å²) in [4.78, 5) is 0. The van der Waals surface area contributed by atoms with Crippen molar-refractivity contribution in [3.05, 3.63) is 0 Å².